The number of para-hydroxylation sites is 2. The van der Waals surface area contributed by atoms with E-state index in [1.165, 1.54) is 32.1 Å². The second-order valence-electron chi connectivity index (χ2n) is 6.09. The van der Waals surface area contributed by atoms with Gasteiger partial charge in [0.2, 0.25) is 5.52 Å². The van der Waals surface area contributed by atoms with E-state index < -0.39 is 0 Å². The number of rotatable bonds is 3. The Morgan fingerprint density at radius 2 is 1.80 bits per heavy atom. The average Bonchev–Trinajstić information content (AvgIpc) is 2.93. The molecule has 0 aliphatic carbocycles. The Morgan fingerprint density at radius 3 is 2.60 bits per heavy atom. The fourth-order valence-corrected chi connectivity index (χ4v) is 4.35. The summed E-state index contributed by atoms with van der Waals surface area (Å²) in [6.45, 7) is 3.27. The highest BCUT2D eigenvalue weighted by molar-refractivity contribution is 8.03. The molecule has 3 aromatic rings. The molecule has 0 radical (unpaired) electrons. The van der Waals surface area contributed by atoms with Gasteiger partial charge in [-0.15, -0.1) is 0 Å². The largest absolute Gasteiger partial charge is 1.00 e. The van der Waals surface area contributed by atoms with Crippen molar-refractivity contribution >= 4 is 34.4 Å². The summed E-state index contributed by atoms with van der Waals surface area (Å²) in [5.41, 5.74) is 3.87. The van der Waals surface area contributed by atoms with Gasteiger partial charge in [0.1, 0.15) is 6.54 Å². The first-order valence-electron chi connectivity index (χ1n) is 8.41. The molecule has 0 saturated heterocycles. The van der Waals surface area contributed by atoms with Crippen LogP contribution in [0.3, 0.4) is 0 Å². The number of aromatic nitrogens is 1. The van der Waals surface area contributed by atoms with E-state index in [0.29, 0.717) is 0 Å². The standard InChI is InChI=1S/C21H21N2S.HI/c1-3-13-23-14-12-16(17-8-4-5-9-18(17)23)15-21-22(2)19-10-6-7-11-20(19)24-21;/h4-12,14-15H,3,13H2,1-2H3;1H/q+1;/p-1. The van der Waals surface area contributed by atoms with Crippen LogP contribution in [-0.4, -0.2) is 7.05 Å². The van der Waals surface area contributed by atoms with Gasteiger partial charge in [-0.05, 0) is 29.8 Å². The second-order valence-corrected chi connectivity index (χ2v) is 7.16. The minimum atomic E-state index is 0. The summed E-state index contributed by atoms with van der Waals surface area (Å²) in [5, 5.41) is 2.58. The topological polar surface area (TPSA) is 7.12 Å². The molecular formula is C21H21IN2S. The predicted octanol–water partition coefficient (Wildman–Crippen LogP) is 2.08. The maximum absolute atomic E-state index is 2.34. The number of benzene rings is 2. The fraction of sp³-hybridized carbons (Fsp3) is 0.190. The molecule has 0 spiro atoms. The number of thioether (sulfide) groups is 1. The average molecular weight is 460 g/mol. The van der Waals surface area contributed by atoms with Gasteiger partial charge in [-0.1, -0.05) is 43.0 Å². The molecule has 0 fully saturated rings. The van der Waals surface area contributed by atoms with E-state index in [1.807, 2.05) is 11.8 Å². The quantitative estimate of drug-likeness (QED) is 0.437. The van der Waals surface area contributed by atoms with Gasteiger partial charge in [0.05, 0.1) is 16.1 Å². The molecular weight excluding hydrogens is 439 g/mol. The summed E-state index contributed by atoms with van der Waals surface area (Å²) in [6, 6.07) is 19.5. The van der Waals surface area contributed by atoms with Gasteiger partial charge in [-0.25, -0.2) is 0 Å². The van der Waals surface area contributed by atoms with Crippen molar-refractivity contribution < 1.29 is 28.5 Å². The van der Waals surface area contributed by atoms with Crippen LogP contribution in [0.4, 0.5) is 5.69 Å². The minimum absolute atomic E-state index is 0. The van der Waals surface area contributed by atoms with Crippen LogP contribution in [-0.2, 0) is 6.54 Å². The van der Waals surface area contributed by atoms with Gasteiger partial charge in [-0.2, -0.15) is 4.57 Å². The molecule has 2 aromatic carbocycles. The molecule has 1 aliphatic rings. The fourth-order valence-electron chi connectivity index (χ4n) is 3.25. The highest BCUT2D eigenvalue weighted by atomic mass is 127. The summed E-state index contributed by atoms with van der Waals surface area (Å²) >= 11 is 1.84. The number of nitrogens with zero attached hydrogens (tertiary/aromatic N) is 2. The number of aryl methyl sites for hydroxylation is 1. The van der Waals surface area contributed by atoms with Gasteiger partial charge < -0.3 is 28.9 Å². The van der Waals surface area contributed by atoms with Gasteiger partial charge in [0.15, 0.2) is 6.20 Å². The number of hydrogen-bond donors (Lipinski definition) is 0. The zero-order valence-electron chi connectivity index (χ0n) is 14.4. The summed E-state index contributed by atoms with van der Waals surface area (Å²) < 4.78 is 2.34. The molecule has 25 heavy (non-hydrogen) atoms. The number of anilines is 1. The van der Waals surface area contributed by atoms with Crippen molar-refractivity contribution in [3.8, 4) is 0 Å². The summed E-state index contributed by atoms with van der Waals surface area (Å²) in [7, 11) is 2.15. The Labute approximate surface area is 170 Å². The number of fused-ring (bicyclic) bond motifs is 2. The van der Waals surface area contributed by atoms with Crippen LogP contribution in [0, 0.1) is 0 Å². The lowest BCUT2D eigenvalue weighted by atomic mass is 10.1. The third kappa shape index (κ3) is 3.42. The Bertz CT molecular complexity index is 936. The van der Waals surface area contributed by atoms with Crippen LogP contribution >= 0.6 is 11.8 Å². The molecule has 0 amide bonds. The molecule has 2 heterocycles. The summed E-state index contributed by atoms with van der Waals surface area (Å²) in [6.07, 6.45) is 5.66. The van der Waals surface area contributed by atoms with Crippen molar-refractivity contribution in [3.63, 3.8) is 0 Å². The molecule has 1 aromatic heterocycles. The Morgan fingerprint density at radius 1 is 1.04 bits per heavy atom. The molecule has 0 unspecified atom stereocenters. The van der Waals surface area contributed by atoms with Gasteiger partial charge in [0.25, 0.3) is 0 Å². The first-order valence-corrected chi connectivity index (χ1v) is 9.23. The highest BCUT2D eigenvalue weighted by Gasteiger charge is 2.21. The predicted molar refractivity (Wildman–Crippen MR) is 103 cm³/mol. The summed E-state index contributed by atoms with van der Waals surface area (Å²) in [5.74, 6) is 0. The Hall–Kier alpha value is -1.53. The molecule has 1 aliphatic heterocycles. The van der Waals surface area contributed by atoms with E-state index in [9.17, 15) is 0 Å². The third-order valence-electron chi connectivity index (χ3n) is 4.47. The van der Waals surface area contributed by atoms with Crippen LogP contribution in [0.5, 0.6) is 0 Å². The Balaban J connectivity index is 0.00000182. The van der Waals surface area contributed by atoms with Crippen LogP contribution in [0.15, 0.2) is 70.7 Å². The van der Waals surface area contributed by atoms with Crippen molar-refractivity contribution in [3.05, 3.63) is 71.4 Å². The van der Waals surface area contributed by atoms with Gasteiger partial charge >= 0.3 is 0 Å². The molecule has 2 nitrogen and oxygen atoms in total. The monoisotopic (exact) mass is 460 g/mol. The lowest BCUT2D eigenvalue weighted by Gasteiger charge is -2.13. The van der Waals surface area contributed by atoms with Crippen molar-refractivity contribution in [1.82, 2.24) is 0 Å². The highest BCUT2D eigenvalue weighted by Crippen LogP contribution is 2.45. The zero-order chi connectivity index (χ0) is 16.5. The van der Waals surface area contributed by atoms with E-state index in [1.54, 1.807) is 0 Å². The molecule has 0 atom stereocenters. The summed E-state index contributed by atoms with van der Waals surface area (Å²) in [4.78, 5) is 3.61. The second kappa shape index (κ2) is 7.79. The van der Waals surface area contributed by atoms with Crippen molar-refractivity contribution in [2.24, 2.45) is 0 Å². The zero-order valence-corrected chi connectivity index (χ0v) is 17.4. The number of halogens is 1. The molecule has 0 bridgehead atoms. The van der Waals surface area contributed by atoms with Crippen molar-refractivity contribution in [2.45, 2.75) is 24.8 Å². The third-order valence-corrected chi connectivity index (χ3v) is 5.64. The molecule has 4 heteroatoms. The lowest BCUT2D eigenvalue weighted by molar-refractivity contribution is -0.671. The Kier molecular flexibility index (Phi) is 5.69. The first kappa shape index (κ1) is 18.3. The van der Waals surface area contributed by atoms with Crippen molar-refractivity contribution in [1.29, 1.82) is 0 Å². The van der Waals surface area contributed by atoms with E-state index in [0.717, 1.165) is 13.0 Å². The number of pyridine rings is 1. The molecule has 0 N–H and O–H groups in total. The van der Waals surface area contributed by atoms with E-state index in [4.69, 9.17) is 0 Å². The molecule has 128 valence electrons. The van der Waals surface area contributed by atoms with Gasteiger partial charge in [-0.3, -0.25) is 0 Å². The normalized spacial score (nSPS) is 14.6. The van der Waals surface area contributed by atoms with Crippen LogP contribution in [0.2, 0.25) is 0 Å². The van der Waals surface area contributed by atoms with Crippen LogP contribution in [0.1, 0.15) is 18.9 Å². The van der Waals surface area contributed by atoms with Crippen molar-refractivity contribution in [2.75, 3.05) is 11.9 Å². The SMILES string of the molecule is CCC[n+]1ccc(/C=C2\Sc3ccccc3N2C)c2ccccc21.[I-]. The van der Waals surface area contributed by atoms with E-state index in [2.05, 4.69) is 90.3 Å². The van der Waals surface area contributed by atoms with E-state index >= 15 is 0 Å². The maximum atomic E-state index is 2.34. The van der Waals surface area contributed by atoms with Crippen LogP contribution < -0.4 is 33.4 Å². The molecule has 4 rings (SSSR count). The maximum Gasteiger partial charge on any atom is 0.213 e. The first-order chi connectivity index (χ1) is 11.8. The minimum Gasteiger partial charge on any atom is -1.00 e. The smallest absolute Gasteiger partial charge is 0.213 e. The molecule has 0 saturated carbocycles. The van der Waals surface area contributed by atoms with E-state index in [-0.39, 0.29) is 24.0 Å². The number of hydrogen-bond acceptors (Lipinski definition) is 2. The lowest BCUT2D eigenvalue weighted by Crippen LogP contribution is -3.00. The van der Waals surface area contributed by atoms with Crippen LogP contribution in [0.25, 0.3) is 17.0 Å². The van der Waals surface area contributed by atoms with Gasteiger partial charge in [0, 0.05) is 30.5 Å².